The summed E-state index contributed by atoms with van der Waals surface area (Å²) in [5, 5.41) is 3.38. The van der Waals surface area contributed by atoms with Gasteiger partial charge in [-0.05, 0) is 56.2 Å². The molecule has 0 aliphatic carbocycles. The van der Waals surface area contributed by atoms with Crippen molar-refractivity contribution >= 4 is 11.9 Å². The van der Waals surface area contributed by atoms with Gasteiger partial charge in [0.05, 0.1) is 7.11 Å². The number of nitrogens with two attached hydrogens (primary N) is 1. The number of nitrogens with zero attached hydrogens (tertiary/aromatic N) is 2. The number of carbonyl (C=O) groups excluding carboxylic acids is 1. The fraction of sp³-hybridized carbons (Fsp3) is 0.600. The molecule has 1 fully saturated rings. The maximum atomic E-state index is 11.2. The van der Waals surface area contributed by atoms with Crippen molar-refractivity contribution in [1.29, 1.82) is 0 Å². The third-order valence-corrected chi connectivity index (χ3v) is 4.66. The molecule has 1 aromatic rings. The van der Waals surface area contributed by atoms with E-state index in [-0.39, 0.29) is 5.91 Å². The van der Waals surface area contributed by atoms with Crippen LogP contribution < -0.4 is 15.8 Å². The number of nitrogens with one attached hydrogen (secondary N) is 1. The first-order chi connectivity index (χ1) is 12.6. The molecule has 1 aliphatic rings. The number of aliphatic imine (C=N–C) groups is 1. The summed E-state index contributed by atoms with van der Waals surface area (Å²) >= 11 is 0. The molecule has 3 N–H and O–H groups in total. The molecule has 1 heterocycles. The SMILES string of the molecule is CCNC(=NCCCc1cccc(OC)c1)N1CCCC(CC(N)=O)C1. The number of primary amides is 1. The minimum absolute atomic E-state index is 0.211. The number of ether oxygens (including phenoxy) is 1. The topological polar surface area (TPSA) is 80.0 Å². The molecule has 144 valence electrons. The fourth-order valence-corrected chi connectivity index (χ4v) is 3.43. The molecule has 1 aromatic carbocycles. The van der Waals surface area contributed by atoms with E-state index in [1.807, 2.05) is 12.1 Å². The number of benzene rings is 1. The van der Waals surface area contributed by atoms with E-state index in [4.69, 9.17) is 15.5 Å². The zero-order valence-electron chi connectivity index (χ0n) is 16.0. The molecule has 6 nitrogen and oxygen atoms in total. The van der Waals surface area contributed by atoms with Crippen LogP contribution in [0.25, 0.3) is 0 Å². The number of hydrogen-bond donors (Lipinski definition) is 2. The highest BCUT2D eigenvalue weighted by atomic mass is 16.5. The van der Waals surface area contributed by atoms with Crippen molar-refractivity contribution in [3.63, 3.8) is 0 Å². The maximum absolute atomic E-state index is 11.2. The Bertz CT molecular complexity index is 603. The number of rotatable bonds is 8. The van der Waals surface area contributed by atoms with Crippen LogP contribution in [0.2, 0.25) is 0 Å². The van der Waals surface area contributed by atoms with Crippen LogP contribution in [-0.2, 0) is 11.2 Å². The van der Waals surface area contributed by atoms with Gasteiger partial charge in [0.1, 0.15) is 5.75 Å². The summed E-state index contributed by atoms with van der Waals surface area (Å²) in [6, 6.07) is 8.18. The number of carbonyl (C=O) groups is 1. The Morgan fingerprint density at radius 3 is 3.04 bits per heavy atom. The summed E-state index contributed by atoms with van der Waals surface area (Å²) in [6.45, 7) is 5.53. The number of piperidine rings is 1. The van der Waals surface area contributed by atoms with E-state index in [1.165, 1.54) is 5.56 Å². The highest BCUT2D eigenvalue weighted by Gasteiger charge is 2.23. The van der Waals surface area contributed by atoms with Crippen molar-refractivity contribution in [1.82, 2.24) is 10.2 Å². The van der Waals surface area contributed by atoms with E-state index in [2.05, 4.69) is 29.3 Å². The lowest BCUT2D eigenvalue weighted by Crippen LogP contribution is -2.47. The molecule has 1 atom stereocenters. The first-order valence-corrected chi connectivity index (χ1v) is 9.56. The van der Waals surface area contributed by atoms with Crippen molar-refractivity contribution in [2.24, 2.45) is 16.6 Å². The zero-order chi connectivity index (χ0) is 18.8. The second kappa shape index (κ2) is 10.7. The van der Waals surface area contributed by atoms with Crippen LogP contribution in [0.4, 0.5) is 0 Å². The minimum Gasteiger partial charge on any atom is -0.497 e. The van der Waals surface area contributed by atoms with Crippen LogP contribution in [0.3, 0.4) is 0 Å². The van der Waals surface area contributed by atoms with Crippen LogP contribution in [0, 0.1) is 5.92 Å². The van der Waals surface area contributed by atoms with E-state index in [0.29, 0.717) is 12.3 Å². The quantitative estimate of drug-likeness (QED) is 0.423. The molecule has 1 aliphatic heterocycles. The van der Waals surface area contributed by atoms with Gasteiger partial charge < -0.3 is 20.7 Å². The number of hydrogen-bond acceptors (Lipinski definition) is 3. The number of likely N-dealkylation sites (tertiary alicyclic amines) is 1. The molecule has 1 saturated heterocycles. The van der Waals surface area contributed by atoms with Gasteiger partial charge in [0, 0.05) is 32.6 Å². The third-order valence-electron chi connectivity index (χ3n) is 4.66. The van der Waals surface area contributed by atoms with E-state index >= 15 is 0 Å². The van der Waals surface area contributed by atoms with Gasteiger partial charge in [-0.15, -0.1) is 0 Å². The van der Waals surface area contributed by atoms with Crippen LogP contribution in [0.15, 0.2) is 29.3 Å². The van der Waals surface area contributed by atoms with Crippen molar-refractivity contribution in [3.05, 3.63) is 29.8 Å². The largest absolute Gasteiger partial charge is 0.497 e. The van der Waals surface area contributed by atoms with Gasteiger partial charge >= 0.3 is 0 Å². The fourth-order valence-electron chi connectivity index (χ4n) is 3.43. The molecular weight excluding hydrogens is 328 g/mol. The molecule has 0 aromatic heterocycles. The Morgan fingerprint density at radius 2 is 2.31 bits per heavy atom. The lowest BCUT2D eigenvalue weighted by Gasteiger charge is -2.34. The number of methoxy groups -OCH3 is 1. The first-order valence-electron chi connectivity index (χ1n) is 9.56. The molecule has 0 spiro atoms. The highest BCUT2D eigenvalue weighted by Crippen LogP contribution is 2.19. The Kier molecular flexibility index (Phi) is 8.25. The van der Waals surface area contributed by atoms with E-state index in [1.54, 1.807) is 7.11 Å². The molecule has 0 radical (unpaired) electrons. The Morgan fingerprint density at radius 1 is 1.46 bits per heavy atom. The molecule has 2 rings (SSSR count). The lowest BCUT2D eigenvalue weighted by molar-refractivity contribution is -0.119. The number of amides is 1. The van der Waals surface area contributed by atoms with E-state index < -0.39 is 0 Å². The van der Waals surface area contributed by atoms with Crippen molar-refractivity contribution in [2.45, 2.75) is 39.0 Å². The summed E-state index contributed by atoms with van der Waals surface area (Å²) in [5.74, 6) is 1.97. The Hall–Kier alpha value is -2.24. The second-order valence-electron chi connectivity index (χ2n) is 6.82. The van der Waals surface area contributed by atoms with Gasteiger partial charge in [-0.25, -0.2) is 0 Å². The van der Waals surface area contributed by atoms with Gasteiger partial charge in [-0.1, -0.05) is 12.1 Å². The average Bonchev–Trinajstić information content (AvgIpc) is 2.64. The van der Waals surface area contributed by atoms with Crippen molar-refractivity contribution in [3.8, 4) is 5.75 Å². The monoisotopic (exact) mass is 360 g/mol. The average molecular weight is 361 g/mol. The lowest BCUT2D eigenvalue weighted by atomic mass is 9.95. The Balaban J connectivity index is 1.88. The maximum Gasteiger partial charge on any atom is 0.217 e. The predicted molar refractivity (Wildman–Crippen MR) is 105 cm³/mol. The molecule has 0 saturated carbocycles. The minimum atomic E-state index is -0.211. The second-order valence-corrected chi connectivity index (χ2v) is 6.82. The van der Waals surface area contributed by atoms with Crippen molar-refractivity contribution < 1.29 is 9.53 Å². The summed E-state index contributed by atoms with van der Waals surface area (Å²) in [5.41, 5.74) is 6.63. The van der Waals surface area contributed by atoms with Gasteiger partial charge in [0.15, 0.2) is 5.96 Å². The van der Waals surface area contributed by atoms with E-state index in [9.17, 15) is 4.79 Å². The van der Waals surface area contributed by atoms with Crippen LogP contribution in [-0.4, -0.2) is 50.1 Å². The summed E-state index contributed by atoms with van der Waals surface area (Å²) in [7, 11) is 1.69. The molecule has 1 unspecified atom stereocenters. The number of aryl methyl sites for hydroxylation is 1. The molecular formula is C20H32N4O2. The third kappa shape index (κ3) is 6.58. The smallest absolute Gasteiger partial charge is 0.217 e. The molecule has 26 heavy (non-hydrogen) atoms. The highest BCUT2D eigenvalue weighted by molar-refractivity contribution is 5.80. The predicted octanol–water partition coefficient (Wildman–Crippen LogP) is 2.18. The van der Waals surface area contributed by atoms with Gasteiger partial charge in [0.25, 0.3) is 0 Å². The molecule has 6 heteroatoms. The summed E-state index contributed by atoms with van der Waals surface area (Å²) in [6.07, 6.45) is 4.57. The van der Waals surface area contributed by atoms with Crippen LogP contribution in [0.1, 0.15) is 38.2 Å². The van der Waals surface area contributed by atoms with Gasteiger partial charge in [-0.3, -0.25) is 9.79 Å². The summed E-state index contributed by atoms with van der Waals surface area (Å²) < 4.78 is 5.27. The van der Waals surface area contributed by atoms with E-state index in [0.717, 1.165) is 63.6 Å². The molecule has 1 amide bonds. The van der Waals surface area contributed by atoms with Crippen molar-refractivity contribution in [2.75, 3.05) is 33.3 Å². The van der Waals surface area contributed by atoms with Crippen LogP contribution >= 0.6 is 0 Å². The van der Waals surface area contributed by atoms with Gasteiger partial charge in [-0.2, -0.15) is 0 Å². The van der Waals surface area contributed by atoms with Crippen LogP contribution in [0.5, 0.6) is 5.75 Å². The standard InChI is InChI=1S/C20H32N4O2/c1-3-22-20(24-12-6-9-17(15-24)14-19(21)25)23-11-5-8-16-7-4-10-18(13-16)26-2/h4,7,10,13,17H,3,5-6,8-9,11-12,14-15H2,1-2H3,(H2,21,25)(H,22,23). The Labute approximate surface area is 156 Å². The van der Waals surface area contributed by atoms with Gasteiger partial charge in [0.2, 0.25) is 5.91 Å². The molecule has 0 bridgehead atoms. The normalized spacial score (nSPS) is 17.8. The number of guanidine groups is 1. The zero-order valence-corrected chi connectivity index (χ0v) is 16.0. The summed E-state index contributed by atoms with van der Waals surface area (Å²) in [4.78, 5) is 18.3. The first kappa shape index (κ1) is 20.1.